The van der Waals surface area contributed by atoms with Crippen LogP contribution in [0.2, 0.25) is 0 Å². The molecule has 1 heteroatoms. The van der Waals surface area contributed by atoms with Crippen molar-refractivity contribution in [2.45, 2.75) is 26.7 Å². The smallest absolute Gasteiger partial charge is 0.0833 e. The van der Waals surface area contributed by atoms with Crippen LogP contribution in [0.25, 0.3) is 0 Å². The Labute approximate surface area is 64.1 Å². The molecular formula is C9H17O. The lowest BCUT2D eigenvalue weighted by Gasteiger charge is -2.04. The van der Waals surface area contributed by atoms with Crippen LogP contribution in [0, 0.1) is 12.5 Å². The average molecular weight is 141 g/mol. The predicted molar refractivity (Wildman–Crippen MR) is 44.5 cm³/mol. The van der Waals surface area contributed by atoms with Crippen molar-refractivity contribution in [2.24, 2.45) is 5.92 Å². The Morgan fingerprint density at radius 2 is 2.30 bits per heavy atom. The third kappa shape index (κ3) is 5.83. The maximum atomic E-state index is 5.18. The normalized spacial score (nSPS) is 13.0. The van der Waals surface area contributed by atoms with E-state index in [1.807, 2.05) is 12.7 Å². The number of allylic oxidation sites excluding steroid dienone is 1. The molecule has 0 amide bonds. The summed E-state index contributed by atoms with van der Waals surface area (Å²) in [6, 6.07) is 0. The van der Waals surface area contributed by atoms with Gasteiger partial charge < -0.3 is 4.74 Å². The highest BCUT2D eigenvalue weighted by Crippen LogP contribution is 2.02. The van der Waals surface area contributed by atoms with Crippen LogP contribution in [0.1, 0.15) is 26.7 Å². The SMILES string of the molecule is C=CC(C)CCO[CH]CC. The number of hydrogen-bond acceptors (Lipinski definition) is 1. The van der Waals surface area contributed by atoms with Crippen molar-refractivity contribution < 1.29 is 4.74 Å². The van der Waals surface area contributed by atoms with Gasteiger partial charge in [0.05, 0.1) is 6.61 Å². The zero-order chi connectivity index (χ0) is 7.82. The highest BCUT2D eigenvalue weighted by molar-refractivity contribution is 4.74. The monoisotopic (exact) mass is 141 g/mol. The molecule has 0 aliphatic carbocycles. The average Bonchev–Trinajstić information content (AvgIpc) is 1.98. The molecule has 1 atom stereocenters. The molecular weight excluding hydrogens is 124 g/mol. The van der Waals surface area contributed by atoms with Gasteiger partial charge in [0, 0.05) is 6.61 Å². The van der Waals surface area contributed by atoms with E-state index < -0.39 is 0 Å². The summed E-state index contributed by atoms with van der Waals surface area (Å²) in [7, 11) is 0. The summed E-state index contributed by atoms with van der Waals surface area (Å²) in [6.07, 6.45) is 4.01. The second kappa shape index (κ2) is 6.81. The molecule has 0 aromatic rings. The van der Waals surface area contributed by atoms with Gasteiger partial charge in [0.1, 0.15) is 0 Å². The molecule has 0 aromatic heterocycles. The Hall–Kier alpha value is -0.300. The van der Waals surface area contributed by atoms with E-state index >= 15 is 0 Å². The number of ether oxygens (including phenoxy) is 1. The topological polar surface area (TPSA) is 9.23 Å². The summed E-state index contributed by atoms with van der Waals surface area (Å²) in [5.74, 6) is 0.574. The fourth-order valence-corrected chi connectivity index (χ4v) is 0.573. The summed E-state index contributed by atoms with van der Waals surface area (Å²) in [5.41, 5.74) is 0. The number of rotatable bonds is 6. The lowest BCUT2D eigenvalue weighted by atomic mass is 10.1. The van der Waals surface area contributed by atoms with Gasteiger partial charge in [0.15, 0.2) is 0 Å². The van der Waals surface area contributed by atoms with Crippen molar-refractivity contribution in [1.29, 1.82) is 0 Å². The zero-order valence-electron chi connectivity index (χ0n) is 6.97. The van der Waals surface area contributed by atoms with Gasteiger partial charge in [-0.15, -0.1) is 6.58 Å². The molecule has 0 bridgehead atoms. The molecule has 0 aromatic carbocycles. The minimum Gasteiger partial charge on any atom is -0.376 e. The molecule has 1 unspecified atom stereocenters. The molecule has 0 aliphatic heterocycles. The Kier molecular flexibility index (Phi) is 6.61. The van der Waals surface area contributed by atoms with Crippen molar-refractivity contribution in [3.8, 4) is 0 Å². The van der Waals surface area contributed by atoms with Crippen LogP contribution < -0.4 is 0 Å². The van der Waals surface area contributed by atoms with E-state index in [0.29, 0.717) is 5.92 Å². The second-order valence-corrected chi connectivity index (χ2v) is 2.45. The first-order valence-electron chi connectivity index (χ1n) is 3.87. The fraction of sp³-hybridized carbons (Fsp3) is 0.667. The standard InChI is InChI=1S/C9H17O/c1-4-7-10-8-6-9(3)5-2/h5,7,9H,2,4,6,8H2,1,3H3. The van der Waals surface area contributed by atoms with E-state index in [9.17, 15) is 0 Å². The van der Waals surface area contributed by atoms with Crippen molar-refractivity contribution in [1.82, 2.24) is 0 Å². The molecule has 0 saturated heterocycles. The maximum Gasteiger partial charge on any atom is 0.0833 e. The highest BCUT2D eigenvalue weighted by Gasteiger charge is 1.94. The fourth-order valence-electron chi connectivity index (χ4n) is 0.573. The highest BCUT2D eigenvalue weighted by atomic mass is 16.5. The van der Waals surface area contributed by atoms with Gasteiger partial charge in [-0.3, -0.25) is 0 Å². The first-order valence-corrected chi connectivity index (χ1v) is 3.87. The molecule has 0 fully saturated rings. The molecule has 10 heavy (non-hydrogen) atoms. The van der Waals surface area contributed by atoms with E-state index in [1.54, 1.807) is 0 Å². The van der Waals surface area contributed by atoms with E-state index in [0.717, 1.165) is 19.4 Å². The Balaban J connectivity index is 2.95. The molecule has 0 N–H and O–H groups in total. The quantitative estimate of drug-likeness (QED) is 0.408. The van der Waals surface area contributed by atoms with Crippen molar-refractivity contribution in [3.63, 3.8) is 0 Å². The van der Waals surface area contributed by atoms with Crippen LogP contribution >= 0.6 is 0 Å². The maximum absolute atomic E-state index is 5.18. The van der Waals surface area contributed by atoms with Crippen LogP contribution in [-0.4, -0.2) is 6.61 Å². The minimum atomic E-state index is 0.574. The van der Waals surface area contributed by atoms with Crippen LogP contribution in [0.15, 0.2) is 12.7 Å². The molecule has 1 nitrogen and oxygen atoms in total. The van der Waals surface area contributed by atoms with E-state index in [2.05, 4.69) is 20.4 Å². The van der Waals surface area contributed by atoms with Crippen LogP contribution in [0.4, 0.5) is 0 Å². The lowest BCUT2D eigenvalue weighted by Crippen LogP contribution is -1.97. The molecule has 1 radical (unpaired) electrons. The Morgan fingerprint density at radius 1 is 1.60 bits per heavy atom. The third-order valence-electron chi connectivity index (χ3n) is 1.38. The van der Waals surface area contributed by atoms with E-state index in [1.165, 1.54) is 0 Å². The summed E-state index contributed by atoms with van der Waals surface area (Å²) >= 11 is 0. The summed E-state index contributed by atoms with van der Waals surface area (Å²) < 4.78 is 5.18. The molecule has 0 aliphatic rings. The Morgan fingerprint density at radius 3 is 2.80 bits per heavy atom. The van der Waals surface area contributed by atoms with Crippen molar-refractivity contribution in [3.05, 3.63) is 19.3 Å². The van der Waals surface area contributed by atoms with Crippen molar-refractivity contribution >= 4 is 0 Å². The second-order valence-electron chi connectivity index (χ2n) is 2.45. The largest absolute Gasteiger partial charge is 0.376 e. The summed E-state index contributed by atoms with van der Waals surface area (Å²) in [6.45, 7) is 10.6. The van der Waals surface area contributed by atoms with Crippen LogP contribution in [-0.2, 0) is 4.74 Å². The van der Waals surface area contributed by atoms with Crippen LogP contribution in [0.3, 0.4) is 0 Å². The van der Waals surface area contributed by atoms with E-state index in [-0.39, 0.29) is 0 Å². The first kappa shape index (κ1) is 9.70. The van der Waals surface area contributed by atoms with Gasteiger partial charge in [0.2, 0.25) is 0 Å². The first-order chi connectivity index (χ1) is 4.81. The van der Waals surface area contributed by atoms with Crippen molar-refractivity contribution in [2.75, 3.05) is 6.61 Å². The van der Waals surface area contributed by atoms with Gasteiger partial charge in [-0.05, 0) is 18.8 Å². The van der Waals surface area contributed by atoms with Gasteiger partial charge in [-0.1, -0.05) is 19.9 Å². The molecule has 0 saturated carbocycles. The summed E-state index contributed by atoms with van der Waals surface area (Å²) in [4.78, 5) is 0. The van der Waals surface area contributed by atoms with Gasteiger partial charge in [0.25, 0.3) is 0 Å². The summed E-state index contributed by atoms with van der Waals surface area (Å²) in [5, 5.41) is 0. The molecule has 0 heterocycles. The van der Waals surface area contributed by atoms with E-state index in [4.69, 9.17) is 4.74 Å². The molecule has 59 valence electrons. The van der Waals surface area contributed by atoms with Gasteiger partial charge in [-0.2, -0.15) is 0 Å². The number of hydrogen-bond donors (Lipinski definition) is 0. The van der Waals surface area contributed by atoms with Gasteiger partial charge >= 0.3 is 0 Å². The lowest BCUT2D eigenvalue weighted by molar-refractivity contribution is 0.183. The van der Waals surface area contributed by atoms with Gasteiger partial charge in [-0.25, -0.2) is 0 Å². The van der Waals surface area contributed by atoms with Crippen LogP contribution in [0.5, 0.6) is 0 Å². The predicted octanol–water partition coefficient (Wildman–Crippen LogP) is 2.79. The molecule has 0 spiro atoms. The molecule has 0 rings (SSSR count). The third-order valence-corrected chi connectivity index (χ3v) is 1.38. The minimum absolute atomic E-state index is 0.574. The zero-order valence-corrected chi connectivity index (χ0v) is 6.97. The Bertz CT molecular complexity index is 78.8.